The van der Waals surface area contributed by atoms with E-state index in [1.54, 1.807) is 32.4 Å². The lowest BCUT2D eigenvalue weighted by Gasteiger charge is -2.26. The van der Waals surface area contributed by atoms with Crippen LogP contribution in [0.1, 0.15) is 34.8 Å². The van der Waals surface area contributed by atoms with E-state index in [9.17, 15) is 4.79 Å². The largest absolute Gasteiger partial charge is 0.493 e. The second kappa shape index (κ2) is 7.54. The number of hydrogen-bond donors (Lipinski definition) is 0. The second-order valence-corrected chi connectivity index (χ2v) is 6.74. The Bertz CT molecular complexity index is 794. The maximum absolute atomic E-state index is 13.0. The van der Waals surface area contributed by atoms with Crippen LogP contribution in [0.2, 0.25) is 10.0 Å². The summed E-state index contributed by atoms with van der Waals surface area (Å²) < 4.78 is 10.7. The zero-order valence-electron chi connectivity index (χ0n) is 14.1. The molecule has 0 saturated carbocycles. The quantitative estimate of drug-likeness (QED) is 0.750. The third-order valence-corrected chi connectivity index (χ3v) is 5.02. The lowest BCUT2D eigenvalue weighted by Crippen LogP contribution is -2.30. The van der Waals surface area contributed by atoms with Crippen LogP contribution in [0.25, 0.3) is 0 Å². The zero-order valence-corrected chi connectivity index (χ0v) is 15.6. The zero-order chi connectivity index (χ0) is 18.0. The Morgan fingerprint density at radius 1 is 1.08 bits per heavy atom. The number of likely N-dealkylation sites (tertiary alicyclic amines) is 1. The topological polar surface area (TPSA) is 38.8 Å². The second-order valence-electron chi connectivity index (χ2n) is 5.90. The molecule has 1 atom stereocenters. The van der Waals surface area contributed by atoms with E-state index in [0.717, 1.165) is 18.4 Å². The molecule has 2 aromatic rings. The van der Waals surface area contributed by atoms with Crippen molar-refractivity contribution in [2.75, 3.05) is 20.8 Å². The Labute approximate surface area is 157 Å². The number of methoxy groups -OCH3 is 2. The molecule has 6 heteroatoms. The summed E-state index contributed by atoms with van der Waals surface area (Å²) in [6.45, 7) is 0.691. The van der Waals surface area contributed by atoms with Gasteiger partial charge in [-0.15, -0.1) is 0 Å². The van der Waals surface area contributed by atoms with Gasteiger partial charge in [-0.1, -0.05) is 29.3 Å². The van der Waals surface area contributed by atoms with Crippen LogP contribution >= 0.6 is 23.2 Å². The molecule has 25 heavy (non-hydrogen) atoms. The Hall–Kier alpha value is -1.91. The lowest BCUT2D eigenvalue weighted by molar-refractivity contribution is 0.0735. The van der Waals surface area contributed by atoms with Crippen molar-refractivity contribution in [2.45, 2.75) is 18.9 Å². The molecular weight excluding hydrogens is 361 g/mol. The molecule has 0 bridgehead atoms. The van der Waals surface area contributed by atoms with Crippen LogP contribution in [-0.4, -0.2) is 31.6 Å². The Morgan fingerprint density at radius 2 is 1.84 bits per heavy atom. The van der Waals surface area contributed by atoms with Crippen LogP contribution in [0, 0.1) is 0 Å². The van der Waals surface area contributed by atoms with Crippen molar-refractivity contribution in [3.8, 4) is 11.5 Å². The van der Waals surface area contributed by atoms with Gasteiger partial charge in [-0.3, -0.25) is 4.79 Å². The molecule has 1 fully saturated rings. The predicted octanol–water partition coefficient (Wildman–Crippen LogP) is 4.99. The minimum Gasteiger partial charge on any atom is -0.493 e. The number of benzene rings is 2. The number of rotatable bonds is 4. The van der Waals surface area contributed by atoms with Crippen molar-refractivity contribution < 1.29 is 14.3 Å². The number of amides is 1. The van der Waals surface area contributed by atoms with Crippen molar-refractivity contribution in [3.05, 3.63) is 57.6 Å². The van der Waals surface area contributed by atoms with Crippen molar-refractivity contribution in [1.29, 1.82) is 0 Å². The maximum atomic E-state index is 13.0. The number of ether oxygens (including phenoxy) is 2. The highest BCUT2D eigenvalue weighted by Crippen LogP contribution is 2.38. The molecule has 0 spiro atoms. The molecule has 1 unspecified atom stereocenters. The van der Waals surface area contributed by atoms with E-state index >= 15 is 0 Å². The number of halogens is 2. The van der Waals surface area contributed by atoms with Crippen LogP contribution in [0.15, 0.2) is 36.4 Å². The van der Waals surface area contributed by atoms with Gasteiger partial charge in [0.1, 0.15) is 0 Å². The average Bonchev–Trinajstić information content (AvgIpc) is 3.10. The fraction of sp³-hybridized carbons (Fsp3) is 0.316. The van der Waals surface area contributed by atoms with Crippen molar-refractivity contribution >= 4 is 29.1 Å². The highest BCUT2D eigenvalue weighted by atomic mass is 35.5. The van der Waals surface area contributed by atoms with Gasteiger partial charge in [0, 0.05) is 11.6 Å². The molecule has 0 radical (unpaired) electrons. The van der Waals surface area contributed by atoms with Gasteiger partial charge in [-0.25, -0.2) is 0 Å². The van der Waals surface area contributed by atoms with E-state index in [0.29, 0.717) is 33.7 Å². The number of carbonyl (C=O) groups is 1. The summed E-state index contributed by atoms with van der Waals surface area (Å²) in [6, 6.07) is 10.7. The Morgan fingerprint density at radius 3 is 2.52 bits per heavy atom. The van der Waals surface area contributed by atoms with Gasteiger partial charge >= 0.3 is 0 Å². The minimum absolute atomic E-state index is 0.0148. The molecule has 4 nitrogen and oxygen atoms in total. The maximum Gasteiger partial charge on any atom is 0.255 e. The third-order valence-electron chi connectivity index (χ3n) is 4.47. The van der Waals surface area contributed by atoms with Gasteiger partial charge in [0.25, 0.3) is 5.91 Å². The van der Waals surface area contributed by atoms with Crippen molar-refractivity contribution in [1.82, 2.24) is 4.90 Å². The Kier molecular flexibility index (Phi) is 5.40. The number of nitrogens with zero attached hydrogens (tertiary/aromatic N) is 1. The first-order valence-electron chi connectivity index (χ1n) is 8.03. The van der Waals surface area contributed by atoms with E-state index in [-0.39, 0.29) is 11.9 Å². The molecule has 1 saturated heterocycles. The molecule has 1 heterocycles. The van der Waals surface area contributed by atoms with Gasteiger partial charge in [0.05, 0.1) is 30.8 Å². The van der Waals surface area contributed by atoms with Gasteiger partial charge in [0.15, 0.2) is 11.5 Å². The molecule has 1 aliphatic heterocycles. The summed E-state index contributed by atoms with van der Waals surface area (Å²) in [5.74, 6) is 1.24. The van der Waals surface area contributed by atoms with Gasteiger partial charge in [-0.05, 0) is 48.7 Å². The molecule has 1 amide bonds. The molecule has 0 aliphatic carbocycles. The van der Waals surface area contributed by atoms with E-state index in [4.69, 9.17) is 32.7 Å². The lowest BCUT2D eigenvalue weighted by atomic mass is 10.0. The summed E-state index contributed by atoms with van der Waals surface area (Å²) in [4.78, 5) is 14.8. The van der Waals surface area contributed by atoms with Gasteiger partial charge in [-0.2, -0.15) is 0 Å². The first-order valence-corrected chi connectivity index (χ1v) is 8.78. The normalized spacial score (nSPS) is 16.8. The van der Waals surface area contributed by atoms with Crippen LogP contribution in [0.3, 0.4) is 0 Å². The first kappa shape index (κ1) is 17.9. The standard InChI is InChI=1S/C19H19Cl2NO3/c1-24-17-8-5-12(10-18(17)25-2)16-4-3-9-22(16)19(23)14-7-6-13(20)11-15(14)21/h5-8,10-11,16H,3-4,9H2,1-2H3. The molecular formula is C19H19Cl2NO3. The van der Waals surface area contributed by atoms with Gasteiger partial charge < -0.3 is 14.4 Å². The predicted molar refractivity (Wildman–Crippen MR) is 99.0 cm³/mol. The fourth-order valence-electron chi connectivity index (χ4n) is 3.23. The summed E-state index contributed by atoms with van der Waals surface area (Å²) in [7, 11) is 3.21. The molecule has 132 valence electrons. The highest BCUT2D eigenvalue weighted by Gasteiger charge is 2.32. The average molecular weight is 380 g/mol. The van der Waals surface area contributed by atoms with Gasteiger partial charge in [0.2, 0.25) is 0 Å². The van der Waals surface area contributed by atoms with Crippen LogP contribution in [-0.2, 0) is 0 Å². The monoisotopic (exact) mass is 379 g/mol. The summed E-state index contributed by atoms with van der Waals surface area (Å²) in [5.41, 5.74) is 1.49. The van der Waals surface area contributed by atoms with E-state index in [1.807, 2.05) is 23.1 Å². The van der Waals surface area contributed by atoms with Crippen molar-refractivity contribution in [2.24, 2.45) is 0 Å². The van der Waals surface area contributed by atoms with E-state index in [1.165, 1.54) is 0 Å². The molecule has 0 N–H and O–H groups in total. The minimum atomic E-state index is -0.0843. The van der Waals surface area contributed by atoms with Crippen LogP contribution < -0.4 is 9.47 Å². The molecule has 2 aromatic carbocycles. The van der Waals surface area contributed by atoms with E-state index in [2.05, 4.69) is 0 Å². The fourth-order valence-corrected chi connectivity index (χ4v) is 3.72. The smallest absolute Gasteiger partial charge is 0.255 e. The highest BCUT2D eigenvalue weighted by molar-refractivity contribution is 6.36. The van der Waals surface area contributed by atoms with Crippen molar-refractivity contribution in [3.63, 3.8) is 0 Å². The third kappa shape index (κ3) is 3.55. The van der Waals surface area contributed by atoms with E-state index < -0.39 is 0 Å². The summed E-state index contributed by atoms with van der Waals surface area (Å²) in [5, 5.41) is 0.884. The number of hydrogen-bond acceptors (Lipinski definition) is 3. The summed E-state index contributed by atoms with van der Waals surface area (Å²) in [6.07, 6.45) is 1.84. The first-order chi connectivity index (χ1) is 12.0. The van der Waals surface area contributed by atoms with Crippen LogP contribution in [0.4, 0.5) is 0 Å². The SMILES string of the molecule is COc1ccc(C2CCCN2C(=O)c2ccc(Cl)cc2Cl)cc1OC. The summed E-state index contributed by atoms with van der Waals surface area (Å²) >= 11 is 12.1. The molecule has 0 aromatic heterocycles. The number of carbonyl (C=O) groups excluding carboxylic acids is 1. The Balaban J connectivity index is 1.91. The molecule has 3 rings (SSSR count). The van der Waals surface area contributed by atoms with Crippen LogP contribution in [0.5, 0.6) is 11.5 Å². The molecule has 1 aliphatic rings.